The second-order valence-corrected chi connectivity index (χ2v) is 9.93. The number of imide groups is 1. The van der Waals surface area contributed by atoms with Gasteiger partial charge in [-0.05, 0) is 29.3 Å². The molecule has 0 aliphatic carbocycles. The predicted octanol–water partition coefficient (Wildman–Crippen LogP) is 4.66. The van der Waals surface area contributed by atoms with Crippen molar-refractivity contribution in [3.8, 4) is 0 Å². The first-order valence-corrected chi connectivity index (χ1v) is 12.7. The summed E-state index contributed by atoms with van der Waals surface area (Å²) in [6.07, 6.45) is 0.535. The highest BCUT2D eigenvalue weighted by molar-refractivity contribution is 6.38. The molecule has 0 aromatic heterocycles. The molecule has 3 heterocycles. The molecule has 0 N–H and O–H groups in total. The van der Waals surface area contributed by atoms with Crippen molar-refractivity contribution >= 4 is 52.3 Å². The molecule has 190 valence electrons. The molecule has 1 saturated heterocycles. The van der Waals surface area contributed by atoms with Crippen LogP contribution in [-0.4, -0.2) is 52.1 Å². The van der Waals surface area contributed by atoms with Crippen LogP contribution in [0.25, 0.3) is 0 Å². The molecule has 6 rings (SSSR count). The van der Waals surface area contributed by atoms with Gasteiger partial charge in [0.1, 0.15) is 6.54 Å². The van der Waals surface area contributed by atoms with E-state index >= 15 is 0 Å². The average Bonchev–Trinajstić information content (AvgIpc) is 3.61. The monoisotopic (exact) mass is 546 g/mol. The minimum atomic E-state index is -1.06. The minimum absolute atomic E-state index is 0.157. The van der Waals surface area contributed by atoms with Gasteiger partial charge in [-0.2, -0.15) is 10.2 Å². The first-order valence-electron chi connectivity index (χ1n) is 11.9. The Hall–Kier alpha value is -4.08. The highest BCUT2D eigenvalue weighted by Crippen LogP contribution is 2.37. The lowest BCUT2D eigenvalue weighted by atomic mass is 9.98. The standard InChI is InChI=1S/C27H20Cl2N6O3/c28-18-11-12-21(19(29)13-18)34-26(37)24-25(27(34)38)33(32-30-24)15-23(36)35-22(17-9-5-2-6-10-17)14-20(31-35)16-7-3-1-4-8-16/h1-13,22,24-25H,14-15H2/t22-,24+,25+/m1/s1. The van der Waals surface area contributed by atoms with Crippen molar-refractivity contribution in [3.05, 3.63) is 100 Å². The Morgan fingerprint density at radius 3 is 2.34 bits per heavy atom. The first kappa shape index (κ1) is 24.3. The molecule has 11 heteroatoms. The van der Waals surface area contributed by atoms with Gasteiger partial charge in [0.15, 0.2) is 12.1 Å². The molecule has 3 aromatic carbocycles. The summed E-state index contributed by atoms with van der Waals surface area (Å²) in [5, 5.41) is 15.9. The number of carbonyl (C=O) groups is 3. The van der Waals surface area contributed by atoms with Gasteiger partial charge in [0, 0.05) is 11.4 Å². The smallest absolute Gasteiger partial charge is 0.264 e. The predicted molar refractivity (Wildman–Crippen MR) is 142 cm³/mol. The molecule has 9 nitrogen and oxygen atoms in total. The van der Waals surface area contributed by atoms with E-state index in [2.05, 4.69) is 15.4 Å². The van der Waals surface area contributed by atoms with Crippen molar-refractivity contribution in [2.45, 2.75) is 24.5 Å². The number of nitrogens with zero attached hydrogens (tertiary/aromatic N) is 6. The summed E-state index contributed by atoms with van der Waals surface area (Å²) in [7, 11) is 0. The van der Waals surface area contributed by atoms with E-state index in [9.17, 15) is 14.4 Å². The van der Waals surface area contributed by atoms with E-state index in [0.717, 1.165) is 21.7 Å². The molecule has 3 aliphatic rings. The Kier molecular flexibility index (Phi) is 6.17. The van der Waals surface area contributed by atoms with Gasteiger partial charge >= 0.3 is 0 Å². The van der Waals surface area contributed by atoms with Crippen LogP contribution in [0.1, 0.15) is 23.6 Å². The molecule has 38 heavy (non-hydrogen) atoms. The zero-order valence-electron chi connectivity index (χ0n) is 19.8. The summed E-state index contributed by atoms with van der Waals surface area (Å²) in [6.45, 7) is -0.277. The van der Waals surface area contributed by atoms with Crippen LogP contribution in [0.3, 0.4) is 0 Å². The molecule has 0 radical (unpaired) electrons. The fraction of sp³-hybridized carbons (Fsp3) is 0.185. The summed E-state index contributed by atoms with van der Waals surface area (Å²) in [5.74, 6) is -1.49. The fourth-order valence-electron chi connectivity index (χ4n) is 4.95. The van der Waals surface area contributed by atoms with Crippen molar-refractivity contribution in [1.29, 1.82) is 0 Å². The normalized spacial score (nSPS) is 22.3. The van der Waals surface area contributed by atoms with Crippen LogP contribution in [0.4, 0.5) is 5.69 Å². The maximum atomic E-state index is 13.6. The first-order chi connectivity index (χ1) is 18.4. The summed E-state index contributed by atoms with van der Waals surface area (Å²) in [6, 6.07) is 21.4. The SMILES string of the molecule is O=C1[C@H]2N=NN(CC(=O)N3N=C(c4ccccc4)C[C@@H]3c3ccccc3)[C@@H]2C(=O)N1c1ccc(Cl)cc1Cl. The van der Waals surface area contributed by atoms with E-state index in [4.69, 9.17) is 23.2 Å². The lowest BCUT2D eigenvalue weighted by Gasteiger charge is -2.25. The minimum Gasteiger partial charge on any atom is -0.271 e. The van der Waals surface area contributed by atoms with Gasteiger partial charge in [0.2, 0.25) is 0 Å². The van der Waals surface area contributed by atoms with Crippen LogP contribution in [0.15, 0.2) is 94.3 Å². The van der Waals surface area contributed by atoms with Gasteiger partial charge in [-0.3, -0.25) is 19.4 Å². The van der Waals surface area contributed by atoms with Crippen LogP contribution in [0.2, 0.25) is 10.0 Å². The van der Waals surface area contributed by atoms with Crippen LogP contribution in [0.5, 0.6) is 0 Å². The maximum Gasteiger partial charge on any atom is 0.264 e. The molecule has 1 fully saturated rings. The van der Waals surface area contributed by atoms with Crippen LogP contribution < -0.4 is 4.90 Å². The Balaban J connectivity index is 1.26. The third-order valence-corrected chi connectivity index (χ3v) is 7.30. The summed E-state index contributed by atoms with van der Waals surface area (Å²) in [4.78, 5) is 41.0. The molecule has 0 unspecified atom stereocenters. The molecule has 3 aromatic rings. The Morgan fingerprint density at radius 1 is 0.921 bits per heavy atom. The Bertz CT molecular complexity index is 1500. The van der Waals surface area contributed by atoms with Gasteiger partial charge < -0.3 is 0 Å². The van der Waals surface area contributed by atoms with Gasteiger partial charge in [0.05, 0.1) is 22.5 Å². The molecule has 3 aliphatic heterocycles. The van der Waals surface area contributed by atoms with E-state index in [1.54, 1.807) is 6.07 Å². The largest absolute Gasteiger partial charge is 0.271 e. The van der Waals surface area contributed by atoms with Crippen LogP contribution >= 0.6 is 23.2 Å². The van der Waals surface area contributed by atoms with Crippen molar-refractivity contribution in [2.24, 2.45) is 15.4 Å². The molecule has 3 amide bonds. The number of hydrogen-bond acceptors (Lipinski definition) is 7. The summed E-state index contributed by atoms with van der Waals surface area (Å²) < 4.78 is 0. The van der Waals surface area contributed by atoms with Crippen molar-refractivity contribution in [1.82, 2.24) is 10.0 Å². The number of fused-ring (bicyclic) bond motifs is 1. The van der Waals surface area contributed by atoms with Gasteiger partial charge in [-0.15, -0.1) is 0 Å². The lowest BCUT2D eigenvalue weighted by Crippen LogP contribution is -2.44. The number of anilines is 1. The van der Waals surface area contributed by atoms with E-state index in [1.807, 2.05) is 60.7 Å². The van der Waals surface area contributed by atoms with E-state index in [1.165, 1.54) is 22.2 Å². The van der Waals surface area contributed by atoms with Gasteiger partial charge in [0.25, 0.3) is 17.7 Å². The molecule has 0 bridgehead atoms. The number of benzene rings is 3. The zero-order valence-corrected chi connectivity index (χ0v) is 21.3. The lowest BCUT2D eigenvalue weighted by molar-refractivity contribution is -0.135. The number of hydrogen-bond donors (Lipinski definition) is 0. The highest BCUT2D eigenvalue weighted by atomic mass is 35.5. The number of halogens is 2. The van der Waals surface area contributed by atoms with Gasteiger partial charge in [-0.1, -0.05) is 89.1 Å². The number of carbonyl (C=O) groups excluding carboxylic acids is 3. The summed E-state index contributed by atoms with van der Waals surface area (Å²) >= 11 is 12.2. The number of amides is 3. The van der Waals surface area contributed by atoms with E-state index < -0.39 is 23.9 Å². The maximum absolute atomic E-state index is 13.6. The Morgan fingerprint density at radius 2 is 1.63 bits per heavy atom. The molecular formula is C27H20Cl2N6O3. The third kappa shape index (κ3) is 4.13. The van der Waals surface area contributed by atoms with Gasteiger partial charge in [-0.25, -0.2) is 9.91 Å². The topological polar surface area (TPSA) is 98.0 Å². The molecule has 3 atom stereocenters. The second kappa shape index (κ2) is 9.66. The number of rotatable bonds is 5. The molecular weight excluding hydrogens is 527 g/mol. The second-order valence-electron chi connectivity index (χ2n) is 9.08. The quantitative estimate of drug-likeness (QED) is 0.434. The van der Waals surface area contributed by atoms with E-state index in [-0.39, 0.29) is 29.2 Å². The third-order valence-electron chi connectivity index (χ3n) is 6.76. The van der Waals surface area contributed by atoms with Crippen molar-refractivity contribution < 1.29 is 14.4 Å². The summed E-state index contributed by atoms with van der Waals surface area (Å²) in [5.41, 5.74) is 2.86. The Labute approximate surface area is 227 Å². The highest BCUT2D eigenvalue weighted by Gasteiger charge is 2.55. The fourth-order valence-corrected chi connectivity index (χ4v) is 5.44. The zero-order chi connectivity index (χ0) is 26.4. The number of hydrazone groups is 1. The molecule has 0 spiro atoms. The average molecular weight is 547 g/mol. The molecule has 0 saturated carbocycles. The van der Waals surface area contributed by atoms with Crippen LogP contribution in [-0.2, 0) is 14.4 Å². The van der Waals surface area contributed by atoms with E-state index in [0.29, 0.717) is 11.4 Å². The van der Waals surface area contributed by atoms with Crippen LogP contribution in [0, 0.1) is 0 Å². The van der Waals surface area contributed by atoms with Crippen molar-refractivity contribution in [2.75, 3.05) is 11.4 Å². The van der Waals surface area contributed by atoms with Crippen molar-refractivity contribution in [3.63, 3.8) is 0 Å².